The summed E-state index contributed by atoms with van der Waals surface area (Å²) in [5, 5.41) is 0. The first kappa shape index (κ1) is 18.1. The monoisotopic (exact) mass is 367 g/mol. The predicted octanol–water partition coefficient (Wildman–Crippen LogP) is 1.30. The lowest BCUT2D eigenvalue weighted by Crippen LogP contribution is -2.60. The Labute approximate surface area is 148 Å². The van der Waals surface area contributed by atoms with Crippen LogP contribution < -0.4 is 0 Å². The van der Waals surface area contributed by atoms with Crippen LogP contribution in [0.2, 0.25) is 0 Å². The summed E-state index contributed by atoms with van der Waals surface area (Å²) in [4.78, 5) is 20.4. The molecule has 0 radical (unpaired) electrons. The number of unbranched alkanes of at least 4 members (excludes halogenated alkanes) is 1. The molecule has 0 saturated carbocycles. The van der Waals surface area contributed by atoms with E-state index in [4.69, 9.17) is 4.74 Å². The highest BCUT2D eigenvalue weighted by Gasteiger charge is 2.48. The maximum Gasteiger partial charge on any atom is 0.410 e. The smallest absolute Gasteiger partial charge is 0.410 e. The molecule has 1 aromatic heterocycles. The summed E-state index contributed by atoms with van der Waals surface area (Å²) >= 11 is 0. The number of hydrogen-bond acceptors (Lipinski definition) is 6. The Bertz CT molecular complexity index is 695. The molecular weight excluding hydrogens is 342 g/mol. The Hall–Kier alpha value is -1.67. The first-order valence-electron chi connectivity index (χ1n) is 8.78. The Morgan fingerprint density at radius 3 is 2.80 bits per heavy atom. The van der Waals surface area contributed by atoms with Crippen molar-refractivity contribution in [2.24, 2.45) is 0 Å². The molecule has 8 heteroatoms. The van der Waals surface area contributed by atoms with Gasteiger partial charge in [-0.1, -0.05) is 19.4 Å². The zero-order valence-electron chi connectivity index (χ0n) is 14.5. The van der Waals surface area contributed by atoms with Gasteiger partial charge in [-0.15, -0.1) is 0 Å². The number of nitrogens with zero attached hydrogens (tertiary/aromatic N) is 3. The van der Waals surface area contributed by atoms with Crippen LogP contribution in [0.3, 0.4) is 0 Å². The number of carbonyl (C=O) groups excluding carboxylic acids is 1. The largest absolute Gasteiger partial charge is 0.449 e. The van der Waals surface area contributed by atoms with Crippen molar-refractivity contribution < 1.29 is 17.9 Å². The fraction of sp³-hybridized carbons (Fsp3) is 0.647. The normalized spacial score (nSPS) is 25.6. The van der Waals surface area contributed by atoms with E-state index < -0.39 is 15.9 Å². The summed E-state index contributed by atoms with van der Waals surface area (Å²) in [5.74, 6) is 0.0997. The molecule has 0 unspecified atom stereocenters. The van der Waals surface area contributed by atoms with Crippen LogP contribution in [0.5, 0.6) is 0 Å². The molecule has 138 valence electrons. The van der Waals surface area contributed by atoms with E-state index in [2.05, 4.69) is 9.88 Å². The molecule has 0 N–H and O–H groups in total. The lowest BCUT2D eigenvalue weighted by molar-refractivity contribution is 0.0260. The van der Waals surface area contributed by atoms with Gasteiger partial charge in [0, 0.05) is 31.9 Å². The second-order valence-corrected chi connectivity index (χ2v) is 8.82. The summed E-state index contributed by atoms with van der Waals surface area (Å²) in [6, 6.07) is 5.18. The molecule has 3 heterocycles. The molecule has 0 aliphatic carbocycles. The number of rotatable bonds is 5. The molecule has 0 spiro atoms. The van der Waals surface area contributed by atoms with Gasteiger partial charge >= 0.3 is 6.09 Å². The van der Waals surface area contributed by atoms with Crippen LogP contribution in [0.15, 0.2) is 24.4 Å². The standard InChI is InChI=1S/C17H25N3O4S/c1-2-3-10-24-17(21)20-9-8-19(11-14-6-4-5-7-18-14)15-12-25(22,23)13-16(15)20/h4-7,15-16H,2-3,8-13H2,1H3/t15-,16+/m1/s1. The average molecular weight is 367 g/mol. The molecule has 7 nitrogen and oxygen atoms in total. The van der Waals surface area contributed by atoms with Crippen LogP contribution in [-0.2, 0) is 21.1 Å². The number of ether oxygens (including phenoxy) is 1. The van der Waals surface area contributed by atoms with E-state index in [9.17, 15) is 13.2 Å². The minimum absolute atomic E-state index is 0.0132. The highest BCUT2D eigenvalue weighted by molar-refractivity contribution is 7.91. The van der Waals surface area contributed by atoms with Gasteiger partial charge in [0.1, 0.15) is 0 Å². The summed E-state index contributed by atoms with van der Waals surface area (Å²) < 4.78 is 29.7. The van der Waals surface area contributed by atoms with Crippen molar-refractivity contribution in [1.82, 2.24) is 14.8 Å². The fourth-order valence-electron chi connectivity index (χ4n) is 3.53. The second-order valence-electron chi connectivity index (χ2n) is 6.66. The van der Waals surface area contributed by atoms with Crippen molar-refractivity contribution >= 4 is 15.9 Å². The Balaban J connectivity index is 1.72. The van der Waals surface area contributed by atoms with Crippen LogP contribution in [0.4, 0.5) is 4.79 Å². The van der Waals surface area contributed by atoms with E-state index in [1.54, 1.807) is 11.1 Å². The van der Waals surface area contributed by atoms with Crippen LogP contribution in [0, 0.1) is 0 Å². The number of hydrogen-bond donors (Lipinski definition) is 0. The van der Waals surface area contributed by atoms with Gasteiger partial charge < -0.3 is 9.64 Å². The quantitative estimate of drug-likeness (QED) is 0.730. The molecule has 1 amide bonds. The Morgan fingerprint density at radius 2 is 2.08 bits per heavy atom. The molecule has 2 aliphatic rings. The zero-order valence-corrected chi connectivity index (χ0v) is 15.3. The maximum absolute atomic E-state index is 12.4. The van der Waals surface area contributed by atoms with Gasteiger partial charge in [-0.3, -0.25) is 9.88 Å². The van der Waals surface area contributed by atoms with Crippen molar-refractivity contribution in [2.75, 3.05) is 31.2 Å². The third-order valence-corrected chi connectivity index (χ3v) is 6.54. The highest BCUT2D eigenvalue weighted by atomic mass is 32.2. The van der Waals surface area contributed by atoms with Crippen molar-refractivity contribution in [2.45, 2.75) is 38.4 Å². The first-order valence-corrected chi connectivity index (χ1v) is 10.6. The van der Waals surface area contributed by atoms with E-state index in [0.717, 1.165) is 18.5 Å². The number of fused-ring (bicyclic) bond motifs is 1. The SMILES string of the molecule is CCCCOC(=O)N1CCN(Cc2ccccn2)[C@@H]2CS(=O)(=O)C[C@@H]21. The van der Waals surface area contributed by atoms with Gasteiger partial charge in [0.25, 0.3) is 0 Å². The summed E-state index contributed by atoms with van der Waals surface area (Å²) in [7, 11) is -3.16. The number of amides is 1. The summed E-state index contributed by atoms with van der Waals surface area (Å²) in [5.41, 5.74) is 0.907. The van der Waals surface area contributed by atoms with Gasteiger partial charge in [-0.2, -0.15) is 0 Å². The fourth-order valence-corrected chi connectivity index (χ4v) is 5.55. The molecule has 2 fully saturated rings. The molecule has 25 heavy (non-hydrogen) atoms. The van der Waals surface area contributed by atoms with Crippen LogP contribution in [-0.4, -0.2) is 72.6 Å². The molecule has 2 aliphatic heterocycles. The van der Waals surface area contributed by atoms with Gasteiger partial charge in [-0.05, 0) is 18.6 Å². The van der Waals surface area contributed by atoms with Crippen LogP contribution >= 0.6 is 0 Å². The minimum atomic E-state index is -3.16. The number of aromatic nitrogens is 1. The first-order chi connectivity index (χ1) is 12.0. The van der Waals surface area contributed by atoms with Gasteiger partial charge in [-0.25, -0.2) is 13.2 Å². The molecule has 3 rings (SSSR count). The van der Waals surface area contributed by atoms with Gasteiger partial charge in [0.15, 0.2) is 9.84 Å². The Kier molecular flexibility index (Phi) is 5.58. The molecule has 0 aromatic carbocycles. The van der Waals surface area contributed by atoms with Crippen molar-refractivity contribution in [3.63, 3.8) is 0 Å². The maximum atomic E-state index is 12.4. The number of carbonyl (C=O) groups is 1. The van der Waals surface area contributed by atoms with Crippen molar-refractivity contribution in [1.29, 1.82) is 0 Å². The van der Waals surface area contributed by atoms with Crippen LogP contribution in [0.1, 0.15) is 25.5 Å². The molecule has 0 bridgehead atoms. The lowest BCUT2D eigenvalue weighted by atomic mass is 10.0. The molecular formula is C17H25N3O4S. The van der Waals surface area contributed by atoms with E-state index in [1.165, 1.54) is 0 Å². The van der Waals surface area contributed by atoms with Crippen LogP contribution in [0.25, 0.3) is 0 Å². The highest BCUT2D eigenvalue weighted by Crippen LogP contribution is 2.28. The molecule has 2 saturated heterocycles. The van der Waals surface area contributed by atoms with Crippen molar-refractivity contribution in [3.05, 3.63) is 30.1 Å². The molecule has 2 atom stereocenters. The second kappa shape index (κ2) is 7.70. The van der Waals surface area contributed by atoms with E-state index in [-0.39, 0.29) is 23.6 Å². The predicted molar refractivity (Wildman–Crippen MR) is 93.8 cm³/mol. The number of pyridine rings is 1. The van der Waals surface area contributed by atoms with E-state index in [0.29, 0.717) is 26.2 Å². The van der Waals surface area contributed by atoms with E-state index >= 15 is 0 Å². The average Bonchev–Trinajstić information content (AvgIpc) is 2.91. The number of sulfone groups is 1. The minimum Gasteiger partial charge on any atom is -0.449 e. The van der Waals surface area contributed by atoms with Crippen molar-refractivity contribution in [3.8, 4) is 0 Å². The van der Waals surface area contributed by atoms with Gasteiger partial charge in [0.2, 0.25) is 0 Å². The van der Waals surface area contributed by atoms with E-state index in [1.807, 2.05) is 25.1 Å². The third kappa shape index (κ3) is 4.30. The topological polar surface area (TPSA) is 79.8 Å². The lowest BCUT2D eigenvalue weighted by Gasteiger charge is -2.43. The number of piperazine rings is 1. The van der Waals surface area contributed by atoms with Gasteiger partial charge in [0.05, 0.1) is 29.8 Å². The third-order valence-electron chi connectivity index (χ3n) is 4.84. The Morgan fingerprint density at radius 1 is 1.28 bits per heavy atom. The summed E-state index contributed by atoms with van der Waals surface area (Å²) in [6.07, 6.45) is 3.11. The molecule has 1 aromatic rings. The summed E-state index contributed by atoms with van der Waals surface area (Å²) in [6.45, 7) is 4.11. The zero-order chi connectivity index (χ0) is 17.9.